The van der Waals surface area contributed by atoms with E-state index in [2.05, 4.69) is 31.4 Å². The van der Waals surface area contributed by atoms with Crippen molar-refractivity contribution in [2.24, 2.45) is 0 Å². The molecule has 0 fully saturated rings. The van der Waals surface area contributed by atoms with Gasteiger partial charge in [-0.3, -0.25) is 9.36 Å². The van der Waals surface area contributed by atoms with Crippen LogP contribution in [0.15, 0.2) is 87.0 Å². The Hall–Kier alpha value is -2.84. The normalized spacial score (nSPS) is 10.8. The molecule has 0 saturated heterocycles. The van der Waals surface area contributed by atoms with Crippen molar-refractivity contribution in [2.45, 2.75) is 11.7 Å². The molecule has 29 heavy (non-hydrogen) atoms. The highest BCUT2D eigenvalue weighted by Gasteiger charge is 2.17. The second-order valence-electron chi connectivity index (χ2n) is 6.20. The number of aromatic nitrogens is 3. The van der Waals surface area contributed by atoms with Crippen molar-refractivity contribution in [2.75, 3.05) is 11.1 Å². The topological polar surface area (TPSA) is 73.0 Å². The lowest BCUT2D eigenvalue weighted by Crippen LogP contribution is -2.14. The van der Waals surface area contributed by atoms with Gasteiger partial charge in [0.2, 0.25) is 11.7 Å². The summed E-state index contributed by atoms with van der Waals surface area (Å²) in [6.07, 6.45) is 1.61. The van der Waals surface area contributed by atoms with Crippen molar-refractivity contribution < 1.29 is 9.21 Å². The van der Waals surface area contributed by atoms with E-state index in [-0.39, 0.29) is 11.7 Å². The number of amides is 1. The summed E-state index contributed by atoms with van der Waals surface area (Å²) >= 11 is 4.73. The summed E-state index contributed by atoms with van der Waals surface area (Å²) in [4.78, 5) is 12.4. The number of hydrogen-bond donors (Lipinski definition) is 1. The van der Waals surface area contributed by atoms with Crippen LogP contribution >= 0.6 is 27.7 Å². The van der Waals surface area contributed by atoms with Gasteiger partial charge in [-0.2, -0.15) is 0 Å². The lowest BCUT2D eigenvalue weighted by atomic mass is 10.2. The van der Waals surface area contributed by atoms with Crippen molar-refractivity contribution in [3.63, 3.8) is 0 Å². The van der Waals surface area contributed by atoms with Gasteiger partial charge < -0.3 is 9.73 Å². The first kappa shape index (κ1) is 19.5. The van der Waals surface area contributed by atoms with Crippen LogP contribution in [-0.4, -0.2) is 26.4 Å². The Morgan fingerprint density at radius 3 is 2.55 bits per heavy atom. The Balaban J connectivity index is 1.50. The standard InChI is InChI=1S/C21H17BrN4O2S/c22-16-8-10-17(11-9-16)23-19(27)14-29-21-25-24-20(18-7-4-12-28-18)26(21)13-15-5-2-1-3-6-15/h1-12H,13-14H2,(H,23,27). The number of anilines is 1. The lowest BCUT2D eigenvalue weighted by Gasteiger charge is -2.09. The smallest absolute Gasteiger partial charge is 0.234 e. The molecule has 2 aromatic carbocycles. The first-order valence-corrected chi connectivity index (χ1v) is 10.7. The summed E-state index contributed by atoms with van der Waals surface area (Å²) in [5, 5.41) is 12.1. The van der Waals surface area contributed by atoms with Crippen LogP contribution in [0.25, 0.3) is 11.6 Å². The van der Waals surface area contributed by atoms with E-state index in [9.17, 15) is 4.79 Å². The van der Waals surface area contributed by atoms with Gasteiger partial charge in [0.15, 0.2) is 10.9 Å². The highest BCUT2D eigenvalue weighted by molar-refractivity contribution is 9.10. The molecule has 0 atom stereocenters. The summed E-state index contributed by atoms with van der Waals surface area (Å²) in [7, 11) is 0. The van der Waals surface area contributed by atoms with Gasteiger partial charge in [-0.25, -0.2) is 0 Å². The number of carbonyl (C=O) groups is 1. The number of nitrogens with zero attached hydrogens (tertiary/aromatic N) is 3. The number of thioether (sulfide) groups is 1. The molecule has 4 rings (SSSR count). The molecule has 0 aliphatic carbocycles. The van der Waals surface area contributed by atoms with Gasteiger partial charge in [-0.15, -0.1) is 10.2 Å². The molecule has 0 aliphatic rings. The fraction of sp³-hybridized carbons (Fsp3) is 0.0952. The predicted octanol–water partition coefficient (Wildman–Crippen LogP) is 5.08. The van der Waals surface area contributed by atoms with Gasteiger partial charge in [-0.1, -0.05) is 58.0 Å². The zero-order valence-electron chi connectivity index (χ0n) is 15.3. The molecule has 146 valence electrons. The van der Waals surface area contributed by atoms with E-state index in [1.807, 2.05) is 71.3 Å². The van der Waals surface area contributed by atoms with E-state index >= 15 is 0 Å². The molecular formula is C21H17BrN4O2S. The molecule has 2 heterocycles. The van der Waals surface area contributed by atoms with Gasteiger partial charge in [0.05, 0.1) is 18.6 Å². The largest absolute Gasteiger partial charge is 0.461 e. The van der Waals surface area contributed by atoms with E-state index < -0.39 is 0 Å². The average Bonchev–Trinajstić information content (AvgIpc) is 3.39. The number of furan rings is 1. The van der Waals surface area contributed by atoms with Crippen LogP contribution < -0.4 is 5.32 Å². The van der Waals surface area contributed by atoms with Crippen molar-refractivity contribution in [3.05, 3.63) is 83.0 Å². The fourth-order valence-corrected chi connectivity index (χ4v) is 3.75. The minimum absolute atomic E-state index is 0.105. The van der Waals surface area contributed by atoms with Crippen LogP contribution in [0.5, 0.6) is 0 Å². The van der Waals surface area contributed by atoms with Crippen LogP contribution in [0.3, 0.4) is 0 Å². The second kappa shape index (κ2) is 9.11. The minimum Gasteiger partial charge on any atom is -0.461 e. The average molecular weight is 469 g/mol. The third-order valence-electron chi connectivity index (χ3n) is 4.10. The highest BCUT2D eigenvalue weighted by atomic mass is 79.9. The van der Waals surface area contributed by atoms with Crippen molar-refractivity contribution in [1.29, 1.82) is 0 Å². The maximum Gasteiger partial charge on any atom is 0.234 e. The van der Waals surface area contributed by atoms with Crippen molar-refractivity contribution in [3.8, 4) is 11.6 Å². The quantitative estimate of drug-likeness (QED) is 0.382. The minimum atomic E-state index is -0.105. The third-order valence-corrected chi connectivity index (χ3v) is 5.60. The summed E-state index contributed by atoms with van der Waals surface area (Å²) in [6, 6.07) is 21.2. The number of carbonyl (C=O) groups excluding carboxylic acids is 1. The van der Waals surface area contributed by atoms with E-state index in [1.165, 1.54) is 11.8 Å². The maximum atomic E-state index is 12.4. The van der Waals surface area contributed by atoms with Crippen molar-refractivity contribution >= 4 is 39.3 Å². The van der Waals surface area contributed by atoms with E-state index in [4.69, 9.17) is 4.42 Å². The van der Waals surface area contributed by atoms with Crippen molar-refractivity contribution in [1.82, 2.24) is 14.8 Å². The number of rotatable bonds is 7. The monoisotopic (exact) mass is 468 g/mol. The van der Waals surface area contributed by atoms with Gasteiger partial charge in [0, 0.05) is 10.2 Å². The van der Waals surface area contributed by atoms with Crippen LogP contribution in [0.4, 0.5) is 5.69 Å². The molecule has 6 nitrogen and oxygen atoms in total. The lowest BCUT2D eigenvalue weighted by molar-refractivity contribution is -0.113. The van der Waals surface area contributed by atoms with E-state index in [0.717, 1.165) is 15.7 Å². The number of halogens is 1. The highest BCUT2D eigenvalue weighted by Crippen LogP contribution is 2.25. The Morgan fingerprint density at radius 2 is 1.83 bits per heavy atom. The predicted molar refractivity (Wildman–Crippen MR) is 117 cm³/mol. The van der Waals surface area contributed by atoms with Crippen LogP contribution in [0, 0.1) is 0 Å². The SMILES string of the molecule is O=C(CSc1nnc(-c2ccco2)n1Cc1ccccc1)Nc1ccc(Br)cc1. The van der Waals surface area contributed by atoms with E-state index in [1.54, 1.807) is 6.26 Å². The Kier molecular flexibility index (Phi) is 6.12. The second-order valence-corrected chi connectivity index (χ2v) is 8.06. The Morgan fingerprint density at radius 1 is 1.03 bits per heavy atom. The molecule has 0 spiro atoms. The van der Waals surface area contributed by atoms with E-state index in [0.29, 0.717) is 23.3 Å². The number of benzene rings is 2. The fourth-order valence-electron chi connectivity index (χ4n) is 2.75. The van der Waals surface area contributed by atoms with Gasteiger partial charge >= 0.3 is 0 Å². The molecule has 0 bridgehead atoms. The first-order valence-electron chi connectivity index (χ1n) is 8.88. The van der Waals surface area contributed by atoms with Crippen LogP contribution in [0.2, 0.25) is 0 Å². The first-order chi connectivity index (χ1) is 14.2. The molecular weight excluding hydrogens is 452 g/mol. The molecule has 2 aromatic heterocycles. The molecule has 0 unspecified atom stereocenters. The summed E-state index contributed by atoms with van der Waals surface area (Å²) in [5.41, 5.74) is 1.86. The molecule has 0 aliphatic heterocycles. The zero-order chi connectivity index (χ0) is 20.1. The van der Waals surface area contributed by atoms with Gasteiger partial charge in [0.1, 0.15) is 0 Å². The Labute approximate surface area is 180 Å². The number of hydrogen-bond acceptors (Lipinski definition) is 5. The van der Waals surface area contributed by atoms with Gasteiger partial charge in [0.25, 0.3) is 0 Å². The van der Waals surface area contributed by atoms with Crippen LogP contribution in [0.1, 0.15) is 5.56 Å². The third kappa shape index (κ3) is 4.96. The molecule has 1 amide bonds. The van der Waals surface area contributed by atoms with Crippen LogP contribution in [-0.2, 0) is 11.3 Å². The summed E-state index contributed by atoms with van der Waals surface area (Å²) in [6.45, 7) is 0.584. The molecule has 1 N–H and O–H groups in total. The summed E-state index contributed by atoms with van der Waals surface area (Å²) < 4.78 is 8.44. The van der Waals surface area contributed by atoms with Gasteiger partial charge in [-0.05, 0) is 42.0 Å². The Bertz CT molecular complexity index is 1080. The summed E-state index contributed by atoms with van der Waals surface area (Å²) in [5.74, 6) is 1.39. The molecule has 4 aromatic rings. The number of nitrogens with one attached hydrogen (secondary N) is 1. The zero-order valence-corrected chi connectivity index (χ0v) is 17.7. The maximum absolute atomic E-state index is 12.4. The molecule has 0 saturated carbocycles. The molecule has 0 radical (unpaired) electrons. The molecule has 8 heteroatoms.